The Hall–Kier alpha value is -3.43. The highest BCUT2D eigenvalue weighted by Gasteiger charge is 2.31. The van der Waals surface area contributed by atoms with E-state index in [9.17, 15) is 18.0 Å². The Labute approximate surface area is 200 Å². The number of rotatable bonds is 5. The average Bonchev–Trinajstić information content (AvgIpc) is 3.18. The monoisotopic (exact) mass is 501 g/mol. The molecule has 1 N–H and O–H groups in total. The number of ether oxygens (including phenoxy) is 1. The van der Waals surface area contributed by atoms with E-state index >= 15 is 0 Å². The number of aromatic nitrogens is 3. The summed E-state index contributed by atoms with van der Waals surface area (Å²) in [4.78, 5) is 21.4. The second-order valence-corrected chi connectivity index (χ2v) is 8.70. The number of fused-ring (bicyclic) bond motifs is 3. The van der Waals surface area contributed by atoms with E-state index in [-0.39, 0.29) is 11.3 Å². The summed E-state index contributed by atoms with van der Waals surface area (Å²) in [5, 5.41) is 1.77. The van der Waals surface area contributed by atoms with E-state index in [4.69, 9.17) is 16.6 Å². The number of para-hydroxylation sites is 1. The van der Waals surface area contributed by atoms with Gasteiger partial charge in [0.1, 0.15) is 16.8 Å². The fraction of sp³-hybridized carbons (Fsp3) is 0.0833. The smallest absolute Gasteiger partial charge is 0.406 e. The Bertz CT molecular complexity index is 1560. The zero-order valence-corrected chi connectivity index (χ0v) is 18.8. The summed E-state index contributed by atoms with van der Waals surface area (Å²) < 4.78 is 43.0. The highest BCUT2D eigenvalue weighted by Crippen LogP contribution is 2.30. The average molecular weight is 502 g/mol. The molecule has 34 heavy (non-hydrogen) atoms. The van der Waals surface area contributed by atoms with Crippen molar-refractivity contribution in [3.05, 3.63) is 93.7 Å². The molecule has 0 fully saturated rings. The molecule has 3 aromatic carbocycles. The van der Waals surface area contributed by atoms with E-state index in [1.54, 1.807) is 6.07 Å². The van der Waals surface area contributed by atoms with Crippen LogP contribution in [-0.4, -0.2) is 20.9 Å². The van der Waals surface area contributed by atoms with Gasteiger partial charge in [0.05, 0.1) is 5.69 Å². The third-order valence-electron chi connectivity index (χ3n) is 5.14. The molecule has 0 saturated carbocycles. The summed E-state index contributed by atoms with van der Waals surface area (Å²) in [5.41, 5.74) is 2.44. The molecule has 0 aliphatic carbocycles. The largest absolute Gasteiger partial charge is 0.573 e. The summed E-state index contributed by atoms with van der Waals surface area (Å²) in [6.07, 6.45) is -4.81. The van der Waals surface area contributed by atoms with E-state index < -0.39 is 6.36 Å². The third-order valence-corrected chi connectivity index (χ3v) is 6.49. The van der Waals surface area contributed by atoms with Crippen LogP contribution in [-0.2, 0) is 5.75 Å². The zero-order chi connectivity index (χ0) is 23.9. The van der Waals surface area contributed by atoms with Crippen molar-refractivity contribution in [2.45, 2.75) is 17.3 Å². The van der Waals surface area contributed by atoms with Gasteiger partial charge in [-0.2, -0.15) is 0 Å². The molecular weight excluding hydrogens is 487 g/mol. The van der Waals surface area contributed by atoms with Crippen LogP contribution < -0.4 is 10.3 Å². The lowest BCUT2D eigenvalue weighted by molar-refractivity contribution is -0.274. The minimum Gasteiger partial charge on any atom is -0.406 e. The molecule has 5 nitrogen and oxygen atoms in total. The van der Waals surface area contributed by atoms with Crippen LogP contribution in [0.5, 0.6) is 5.75 Å². The summed E-state index contributed by atoms with van der Waals surface area (Å²) in [7, 11) is 0. The topological polar surface area (TPSA) is 59.9 Å². The molecule has 0 saturated heterocycles. The van der Waals surface area contributed by atoms with Crippen molar-refractivity contribution < 1.29 is 17.9 Å². The molecule has 2 heterocycles. The molecule has 10 heteroatoms. The number of hydrogen-bond donors (Lipinski definition) is 1. The maximum atomic E-state index is 13.6. The molecular formula is C24H15ClF3N3O2S. The molecule has 5 aromatic rings. The van der Waals surface area contributed by atoms with Gasteiger partial charge < -0.3 is 9.72 Å². The maximum Gasteiger partial charge on any atom is 0.573 e. The van der Waals surface area contributed by atoms with Gasteiger partial charge in [-0.3, -0.25) is 9.36 Å². The normalized spacial score (nSPS) is 11.9. The summed E-state index contributed by atoms with van der Waals surface area (Å²) >= 11 is 7.60. The standard InChI is InChI=1S/C24H15ClF3N3O2S/c25-18-7-3-1-5-14(18)13-34-23-30-20-17-6-2-4-8-19(17)29-21(20)22(32)31(23)15-9-11-16(12-10-15)33-24(26,27)28/h1-12,29H,13H2. The Balaban J connectivity index is 1.64. The highest BCUT2D eigenvalue weighted by molar-refractivity contribution is 7.98. The molecule has 0 amide bonds. The van der Waals surface area contributed by atoms with Gasteiger partial charge in [0, 0.05) is 21.7 Å². The van der Waals surface area contributed by atoms with Gasteiger partial charge >= 0.3 is 6.36 Å². The number of H-pyrrole nitrogens is 1. The Kier molecular flexibility index (Phi) is 5.75. The number of nitrogens with one attached hydrogen (secondary N) is 1. The van der Waals surface area contributed by atoms with Crippen LogP contribution in [0.25, 0.3) is 27.6 Å². The van der Waals surface area contributed by atoms with Crippen LogP contribution in [0.3, 0.4) is 0 Å². The minimum absolute atomic E-state index is 0.305. The Morgan fingerprint density at radius 3 is 2.44 bits per heavy atom. The van der Waals surface area contributed by atoms with Gasteiger partial charge in [-0.25, -0.2) is 4.98 Å². The number of nitrogens with zero attached hydrogens (tertiary/aromatic N) is 2. The molecule has 0 aliphatic heterocycles. The number of aromatic amines is 1. The molecule has 0 radical (unpaired) electrons. The van der Waals surface area contributed by atoms with Crippen LogP contribution in [0.4, 0.5) is 13.2 Å². The molecule has 0 bridgehead atoms. The van der Waals surface area contributed by atoms with E-state index in [1.165, 1.54) is 28.5 Å². The van der Waals surface area contributed by atoms with Crippen LogP contribution in [0.2, 0.25) is 5.02 Å². The second-order valence-electron chi connectivity index (χ2n) is 7.35. The second kappa shape index (κ2) is 8.73. The fourth-order valence-electron chi connectivity index (χ4n) is 3.62. The lowest BCUT2D eigenvalue weighted by Crippen LogP contribution is -2.22. The fourth-order valence-corrected chi connectivity index (χ4v) is 4.91. The summed E-state index contributed by atoms with van der Waals surface area (Å²) in [6, 6.07) is 19.9. The number of hydrogen-bond acceptors (Lipinski definition) is 4. The van der Waals surface area contributed by atoms with Crippen molar-refractivity contribution in [3.8, 4) is 11.4 Å². The van der Waals surface area contributed by atoms with Gasteiger partial charge in [0.25, 0.3) is 5.56 Å². The maximum absolute atomic E-state index is 13.6. The number of thioether (sulfide) groups is 1. The van der Waals surface area contributed by atoms with Crippen LogP contribution >= 0.6 is 23.4 Å². The molecule has 0 aliphatic rings. The van der Waals surface area contributed by atoms with Crippen molar-refractivity contribution in [2.24, 2.45) is 0 Å². The van der Waals surface area contributed by atoms with E-state index in [0.717, 1.165) is 28.6 Å². The number of alkyl halides is 3. The molecule has 5 rings (SSSR count). The summed E-state index contributed by atoms with van der Waals surface area (Å²) in [6.45, 7) is 0. The van der Waals surface area contributed by atoms with Gasteiger partial charge in [-0.1, -0.05) is 59.8 Å². The number of benzene rings is 3. The molecule has 172 valence electrons. The Morgan fingerprint density at radius 2 is 1.71 bits per heavy atom. The molecule has 0 spiro atoms. The van der Waals surface area contributed by atoms with Crippen LogP contribution in [0.15, 0.2) is 82.7 Å². The first kappa shape index (κ1) is 22.4. The molecule has 0 atom stereocenters. The van der Waals surface area contributed by atoms with Gasteiger partial charge in [0.15, 0.2) is 5.16 Å². The van der Waals surface area contributed by atoms with Gasteiger partial charge in [-0.15, -0.1) is 13.2 Å². The van der Waals surface area contributed by atoms with Gasteiger partial charge in [0.2, 0.25) is 0 Å². The first-order valence-corrected chi connectivity index (χ1v) is 11.4. The molecule has 2 aromatic heterocycles. The molecule has 0 unspecified atom stereocenters. The lowest BCUT2D eigenvalue weighted by Gasteiger charge is -2.14. The van der Waals surface area contributed by atoms with Crippen LogP contribution in [0, 0.1) is 0 Å². The van der Waals surface area contributed by atoms with E-state index in [2.05, 4.69) is 9.72 Å². The van der Waals surface area contributed by atoms with Crippen molar-refractivity contribution in [1.29, 1.82) is 0 Å². The predicted molar refractivity (Wildman–Crippen MR) is 127 cm³/mol. The van der Waals surface area contributed by atoms with E-state index in [0.29, 0.717) is 32.7 Å². The first-order chi connectivity index (χ1) is 16.3. The van der Waals surface area contributed by atoms with Crippen LogP contribution in [0.1, 0.15) is 5.56 Å². The quantitative estimate of drug-likeness (QED) is 0.215. The SMILES string of the molecule is O=c1c2[nH]c3ccccc3c2nc(SCc2ccccc2Cl)n1-c1ccc(OC(F)(F)F)cc1. The third kappa shape index (κ3) is 4.36. The number of halogens is 4. The lowest BCUT2D eigenvalue weighted by atomic mass is 10.2. The Morgan fingerprint density at radius 1 is 1.00 bits per heavy atom. The van der Waals surface area contributed by atoms with E-state index in [1.807, 2.05) is 42.5 Å². The van der Waals surface area contributed by atoms with Crippen molar-refractivity contribution in [3.63, 3.8) is 0 Å². The van der Waals surface area contributed by atoms with Crippen molar-refractivity contribution >= 4 is 45.3 Å². The first-order valence-electron chi connectivity index (χ1n) is 10.1. The van der Waals surface area contributed by atoms with Gasteiger partial charge in [-0.05, 0) is 42.0 Å². The van der Waals surface area contributed by atoms with Crippen molar-refractivity contribution in [1.82, 2.24) is 14.5 Å². The predicted octanol–water partition coefficient (Wildman–Crippen LogP) is 6.71. The zero-order valence-electron chi connectivity index (χ0n) is 17.3. The van der Waals surface area contributed by atoms with Crippen molar-refractivity contribution in [2.75, 3.05) is 0 Å². The minimum atomic E-state index is -4.81. The highest BCUT2D eigenvalue weighted by atomic mass is 35.5. The summed E-state index contributed by atoms with van der Waals surface area (Å²) in [5.74, 6) is 0.0594.